The largest absolute Gasteiger partial charge is 0.490 e. The number of Topliss-reactive ketones (excluding diaryl/α,β-unsaturated/α-hetero) is 1. The van der Waals surface area contributed by atoms with E-state index in [-0.39, 0.29) is 41.9 Å². The lowest BCUT2D eigenvalue weighted by atomic mass is 9.97. The van der Waals surface area contributed by atoms with Crippen molar-refractivity contribution >= 4 is 29.3 Å². The van der Waals surface area contributed by atoms with E-state index >= 15 is 0 Å². The summed E-state index contributed by atoms with van der Waals surface area (Å²) in [5.74, 6) is -0.809. The van der Waals surface area contributed by atoms with Crippen molar-refractivity contribution in [2.45, 2.75) is 72.1 Å². The smallest absolute Gasteiger partial charge is 0.373 e. The maximum absolute atomic E-state index is 12.6. The maximum atomic E-state index is 12.6. The van der Waals surface area contributed by atoms with Crippen molar-refractivity contribution in [2.24, 2.45) is 11.8 Å². The molecule has 0 aromatic rings. The molecule has 39 heavy (non-hydrogen) atoms. The van der Waals surface area contributed by atoms with Crippen LogP contribution in [0.15, 0.2) is 71.2 Å². The number of rotatable bonds is 16. The van der Waals surface area contributed by atoms with Crippen LogP contribution in [0.5, 0.6) is 0 Å². The van der Waals surface area contributed by atoms with Crippen molar-refractivity contribution in [3.8, 4) is 0 Å². The first-order valence-corrected chi connectivity index (χ1v) is 13.5. The van der Waals surface area contributed by atoms with Gasteiger partial charge in [-0.15, -0.1) is 0 Å². The molecule has 216 valence electrons. The lowest BCUT2D eigenvalue weighted by Crippen LogP contribution is -2.46. The van der Waals surface area contributed by atoms with Crippen LogP contribution in [0.3, 0.4) is 0 Å². The molecule has 1 heterocycles. The first-order chi connectivity index (χ1) is 18.4. The predicted molar refractivity (Wildman–Crippen MR) is 155 cm³/mol. The maximum Gasteiger partial charge on any atom is 0.373 e. The van der Waals surface area contributed by atoms with Crippen molar-refractivity contribution in [1.29, 1.82) is 0 Å². The number of aliphatic hydroxyl groups excluding tert-OH is 1. The average Bonchev–Trinajstić information content (AvgIpc) is 2.87. The van der Waals surface area contributed by atoms with E-state index in [4.69, 9.17) is 21.1 Å². The van der Waals surface area contributed by atoms with E-state index in [9.17, 15) is 19.5 Å². The van der Waals surface area contributed by atoms with E-state index in [1.807, 2.05) is 39.8 Å². The SMILES string of the molecule is COC1=CCC([C@@H](C)/C=C(C)/C=C\C=C/C(=O)N[C@H](C(=O)CN/C=C\C[C@@H](O)C/C=C(\C)Cl)C(C)C)OC1=O. The highest BCUT2D eigenvalue weighted by Gasteiger charge is 2.27. The van der Waals surface area contributed by atoms with Gasteiger partial charge in [-0.1, -0.05) is 74.4 Å². The zero-order valence-electron chi connectivity index (χ0n) is 23.8. The summed E-state index contributed by atoms with van der Waals surface area (Å²) in [5.41, 5.74) is 0.956. The molecule has 0 radical (unpaired) electrons. The van der Waals surface area contributed by atoms with Gasteiger partial charge in [0.2, 0.25) is 5.91 Å². The van der Waals surface area contributed by atoms with E-state index < -0.39 is 18.1 Å². The summed E-state index contributed by atoms with van der Waals surface area (Å²) < 4.78 is 10.4. The number of nitrogens with one attached hydrogen (secondary N) is 2. The Kier molecular flexibility index (Phi) is 15.9. The fourth-order valence-corrected chi connectivity index (χ4v) is 3.85. The molecule has 8 nitrogen and oxygen atoms in total. The van der Waals surface area contributed by atoms with E-state index in [0.717, 1.165) is 5.57 Å². The number of hydrogen-bond acceptors (Lipinski definition) is 7. The number of ether oxygens (including phenoxy) is 2. The van der Waals surface area contributed by atoms with Crippen LogP contribution in [0.4, 0.5) is 0 Å². The summed E-state index contributed by atoms with van der Waals surface area (Å²) in [6.45, 7) is 9.45. The van der Waals surface area contributed by atoms with E-state index in [1.54, 1.807) is 43.5 Å². The lowest BCUT2D eigenvalue weighted by molar-refractivity contribution is -0.151. The molecule has 0 saturated carbocycles. The van der Waals surface area contributed by atoms with Crippen LogP contribution in [-0.4, -0.2) is 54.7 Å². The van der Waals surface area contributed by atoms with Gasteiger partial charge < -0.3 is 25.2 Å². The Morgan fingerprint density at radius 2 is 1.90 bits per heavy atom. The minimum atomic E-state index is -0.636. The van der Waals surface area contributed by atoms with Crippen LogP contribution in [0.2, 0.25) is 0 Å². The van der Waals surface area contributed by atoms with Crippen LogP contribution in [-0.2, 0) is 23.9 Å². The number of esters is 1. The molecule has 0 aromatic carbocycles. The number of halogens is 1. The minimum absolute atomic E-state index is 0.00387. The first kappa shape index (κ1) is 33.9. The molecule has 4 atom stereocenters. The highest BCUT2D eigenvalue weighted by Crippen LogP contribution is 2.22. The lowest BCUT2D eigenvalue weighted by Gasteiger charge is -2.25. The number of cyclic esters (lactones) is 1. The molecular weight excluding hydrogens is 520 g/mol. The predicted octanol–water partition coefficient (Wildman–Crippen LogP) is 4.62. The van der Waals surface area contributed by atoms with Gasteiger partial charge in [0.1, 0.15) is 6.10 Å². The third-order valence-corrected chi connectivity index (χ3v) is 6.10. The summed E-state index contributed by atoms with van der Waals surface area (Å²) in [6.07, 6.45) is 16.1. The van der Waals surface area contributed by atoms with Crippen LogP contribution < -0.4 is 10.6 Å². The number of ketones is 1. The van der Waals surface area contributed by atoms with Gasteiger partial charge in [-0.2, -0.15) is 0 Å². The summed E-state index contributed by atoms with van der Waals surface area (Å²) >= 11 is 5.76. The number of methoxy groups -OCH3 is 1. The molecule has 0 saturated heterocycles. The summed E-state index contributed by atoms with van der Waals surface area (Å²) in [4.78, 5) is 36.9. The average molecular weight is 563 g/mol. The minimum Gasteiger partial charge on any atom is -0.490 e. The Bertz CT molecular complexity index is 1000. The van der Waals surface area contributed by atoms with Gasteiger partial charge in [0, 0.05) is 23.4 Å². The summed E-state index contributed by atoms with van der Waals surface area (Å²) in [7, 11) is 1.44. The van der Waals surface area contributed by atoms with E-state index in [0.29, 0.717) is 24.3 Å². The second-order valence-electron chi connectivity index (χ2n) is 9.84. The molecule has 0 aliphatic carbocycles. The van der Waals surface area contributed by atoms with Gasteiger partial charge in [0.05, 0.1) is 25.8 Å². The van der Waals surface area contributed by atoms with Gasteiger partial charge in [0.15, 0.2) is 11.5 Å². The van der Waals surface area contributed by atoms with Crippen molar-refractivity contribution in [3.05, 3.63) is 71.2 Å². The molecule has 9 heteroatoms. The third-order valence-electron chi connectivity index (χ3n) is 5.95. The zero-order valence-corrected chi connectivity index (χ0v) is 24.5. The fourth-order valence-electron chi connectivity index (χ4n) is 3.76. The summed E-state index contributed by atoms with van der Waals surface area (Å²) in [5, 5.41) is 16.2. The topological polar surface area (TPSA) is 114 Å². The Morgan fingerprint density at radius 3 is 2.51 bits per heavy atom. The van der Waals surface area contributed by atoms with Crippen LogP contribution in [0.25, 0.3) is 0 Å². The Morgan fingerprint density at radius 1 is 1.21 bits per heavy atom. The van der Waals surface area contributed by atoms with Crippen molar-refractivity contribution in [1.82, 2.24) is 10.6 Å². The van der Waals surface area contributed by atoms with E-state index in [1.165, 1.54) is 13.2 Å². The number of aliphatic hydroxyl groups is 1. The number of carbonyl (C=O) groups excluding carboxylic acids is 3. The molecule has 0 bridgehead atoms. The molecule has 0 fully saturated rings. The molecule has 1 unspecified atom stereocenters. The van der Waals surface area contributed by atoms with Gasteiger partial charge >= 0.3 is 5.97 Å². The first-order valence-electron chi connectivity index (χ1n) is 13.1. The van der Waals surface area contributed by atoms with Gasteiger partial charge in [0.25, 0.3) is 0 Å². The van der Waals surface area contributed by atoms with Gasteiger partial charge in [-0.25, -0.2) is 4.79 Å². The Balaban J connectivity index is 2.52. The molecule has 1 amide bonds. The van der Waals surface area contributed by atoms with Crippen molar-refractivity contribution < 1.29 is 29.0 Å². The molecule has 0 aromatic heterocycles. The van der Waals surface area contributed by atoms with Gasteiger partial charge in [-0.05, 0) is 44.9 Å². The van der Waals surface area contributed by atoms with Crippen molar-refractivity contribution in [2.75, 3.05) is 13.7 Å². The Hall–Kier alpha value is -3.10. The number of carbonyl (C=O) groups is 3. The second kappa shape index (κ2) is 18.2. The quantitative estimate of drug-likeness (QED) is 0.143. The molecule has 1 rings (SSSR count). The fraction of sp³-hybridized carbons (Fsp3) is 0.500. The normalized spacial score (nSPS) is 19.3. The molecule has 3 N–H and O–H groups in total. The molecule has 0 spiro atoms. The number of allylic oxidation sites excluding steroid dienone is 5. The second-order valence-corrected chi connectivity index (χ2v) is 10.4. The van der Waals surface area contributed by atoms with Crippen molar-refractivity contribution in [3.63, 3.8) is 0 Å². The monoisotopic (exact) mass is 562 g/mol. The highest BCUT2D eigenvalue weighted by molar-refractivity contribution is 6.29. The number of amides is 1. The third kappa shape index (κ3) is 14.0. The van der Waals surface area contributed by atoms with E-state index in [2.05, 4.69) is 10.6 Å². The molecular formula is C30H43ClN2O6. The highest BCUT2D eigenvalue weighted by atomic mass is 35.5. The van der Waals surface area contributed by atoms with Crippen LogP contribution in [0.1, 0.15) is 53.9 Å². The standard InChI is InChI=1S/C30H43ClN2O6/c1-20(2)29(25(35)19-32-17-9-11-24(34)14-13-23(5)31)33-28(36)12-8-7-10-21(3)18-22(4)26-15-16-27(38-6)30(37)39-26/h7-10,12-13,16-18,20,22,24,26,29,32,34H,11,14-15,19H2,1-6H3,(H,33,36)/b10-7-,12-8-,17-9-,21-18+,23-13+/t22-,24+,26?,29-/m0/s1. The van der Waals surface area contributed by atoms with Crippen LogP contribution >= 0.6 is 11.6 Å². The summed E-state index contributed by atoms with van der Waals surface area (Å²) in [6, 6.07) is -0.636. The Labute approximate surface area is 237 Å². The van der Waals surface area contributed by atoms with Crippen LogP contribution in [0, 0.1) is 11.8 Å². The number of hydrogen-bond donors (Lipinski definition) is 3. The molecule has 1 aliphatic rings. The zero-order chi connectivity index (χ0) is 29.4. The molecule has 1 aliphatic heterocycles. The van der Waals surface area contributed by atoms with Gasteiger partial charge in [-0.3, -0.25) is 9.59 Å².